The molecule has 8 rings (SSSR count). The highest BCUT2D eigenvalue weighted by Crippen LogP contribution is 2.44. The third-order valence-electron chi connectivity index (χ3n) is 9.78. The molecule has 13 nitrogen and oxygen atoms in total. The van der Waals surface area contributed by atoms with Gasteiger partial charge in [0.2, 0.25) is 0 Å². The van der Waals surface area contributed by atoms with Crippen molar-refractivity contribution in [1.82, 2.24) is 24.8 Å². The van der Waals surface area contributed by atoms with E-state index >= 15 is 0 Å². The van der Waals surface area contributed by atoms with Gasteiger partial charge in [0.25, 0.3) is 5.91 Å². The monoisotopic (exact) mass is 724 g/mol. The molecule has 1 aliphatic heterocycles. The highest BCUT2D eigenvalue weighted by molar-refractivity contribution is 6.06. The molecular formula is C41H36N6O7. The number of anilines is 1. The number of amides is 2. The zero-order valence-electron chi connectivity index (χ0n) is 28.9. The summed E-state index contributed by atoms with van der Waals surface area (Å²) in [5, 5.41) is 17.3. The van der Waals surface area contributed by atoms with Crippen molar-refractivity contribution >= 4 is 35.0 Å². The minimum Gasteiger partial charge on any atom is -0.461 e. The van der Waals surface area contributed by atoms with Gasteiger partial charge in [0.15, 0.2) is 23.2 Å². The summed E-state index contributed by atoms with van der Waals surface area (Å²) in [6.45, 7) is 0.186. The predicted octanol–water partition coefficient (Wildman–Crippen LogP) is 5.77. The van der Waals surface area contributed by atoms with Gasteiger partial charge in [-0.25, -0.2) is 19.7 Å². The van der Waals surface area contributed by atoms with Crippen LogP contribution >= 0.6 is 0 Å². The summed E-state index contributed by atoms with van der Waals surface area (Å²) < 4.78 is 19.2. The third kappa shape index (κ3) is 7.01. The molecule has 3 heterocycles. The van der Waals surface area contributed by atoms with Crippen LogP contribution in [0.1, 0.15) is 52.0 Å². The minimum absolute atomic E-state index is 0.0394. The van der Waals surface area contributed by atoms with Gasteiger partial charge in [0.05, 0.1) is 18.5 Å². The SMILES string of the molecule is O=C(CC[C@H]1O[C@@H](n2cnc3c(NC(=O)c4ccccc4)ncnc32)[C@H](O)[C@@H]1NC(=O)OCC1c2ccccc2-c2ccccc21)OCc1ccccc1. The molecule has 1 fully saturated rings. The minimum atomic E-state index is -1.31. The number of nitrogens with zero attached hydrogens (tertiary/aromatic N) is 4. The zero-order chi connectivity index (χ0) is 37.0. The summed E-state index contributed by atoms with van der Waals surface area (Å²) in [6.07, 6.45) is -1.19. The lowest BCUT2D eigenvalue weighted by atomic mass is 9.98. The number of nitrogens with one attached hydrogen (secondary N) is 2. The lowest BCUT2D eigenvalue weighted by molar-refractivity contribution is -0.146. The molecule has 0 radical (unpaired) electrons. The average molecular weight is 725 g/mol. The van der Waals surface area contributed by atoms with Crippen molar-refractivity contribution in [3.63, 3.8) is 0 Å². The van der Waals surface area contributed by atoms with Crippen LogP contribution in [0.4, 0.5) is 10.6 Å². The van der Waals surface area contributed by atoms with Crippen LogP contribution in [0.5, 0.6) is 0 Å². The third-order valence-corrected chi connectivity index (χ3v) is 9.78. The Morgan fingerprint density at radius 2 is 1.46 bits per heavy atom. The molecule has 2 amide bonds. The highest BCUT2D eigenvalue weighted by atomic mass is 16.6. The maximum absolute atomic E-state index is 13.5. The van der Waals surface area contributed by atoms with Crippen LogP contribution in [-0.4, -0.2) is 67.5 Å². The Balaban J connectivity index is 0.996. The summed E-state index contributed by atoms with van der Waals surface area (Å²) in [5.41, 5.74) is 6.16. The number of alkyl carbamates (subject to hydrolysis) is 1. The second kappa shape index (κ2) is 15.3. The van der Waals surface area contributed by atoms with E-state index in [0.29, 0.717) is 5.56 Å². The fourth-order valence-corrected chi connectivity index (χ4v) is 7.14. The van der Waals surface area contributed by atoms with Crippen LogP contribution < -0.4 is 10.6 Å². The Morgan fingerprint density at radius 1 is 0.796 bits per heavy atom. The number of hydrogen-bond donors (Lipinski definition) is 3. The molecule has 2 aromatic heterocycles. The number of imidazole rings is 1. The summed E-state index contributed by atoms with van der Waals surface area (Å²) in [6, 6.07) is 33.1. The molecule has 0 saturated carbocycles. The van der Waals surface area contributed by atoms with E-state index in [-0.39, 0.29) is 54.9 Å². The van der Waals surface area contributed by atoms with Gasteiger partial charge in [-0.1, -0.05) is 97.1 Å². The number of aromatic nitrogens is 4. The number of rotatable bonds is 11. The van der Waals surface area contributed by atoms with E-state index < -0.39 is 36.5 Å². The number of carbonyl (C=O) groups is 3. The van der Waals surface area contributed by atoms with Gasteiger partial charge in [-0.2, -0.15) is 0 Å². The molecule has 2 aliphatic rings. The van der Waals surface area contributed by atoms with E-state index in [9.17, 15) is 19.5 Å². The van der Waals surface area contributed by atoms with Gasteiger partial charge in [-0.3, -0.25) is 14.2 Å². The Labute approximate surface area is 310 Å². The van der Waals surface area contributed by atoms with E-state index in [1.165, 1.54) is 17.2 Å². The molecule has 13 heteroatoms. The molecule has 0 bridgehead atoms. The maximum Gasteiger partial charge on any atom is 0.407 e. The predicted molar refractivity (Wildman–Crippen MR) is 197 cm³/mol. The number of esters is 1. The van der Waals surface area contributed by atoms with Crippen LogP contribution in [0.2, 0.25) is 0 Å². The maximum atomic E-state index is 13.5. The average Bonchev–Trinajstić information content (AvgIpc) is 3.88. The largest absolute Gasteiger partial charge is 0.461 e. The molecule has 6 aromatic rings. The van der Waals surface area contributed by atoms with Gasteiger partial charge in [-0.15, -0.1) is 0 Å². The molecule has 0 spiro atoms. The molecule has 4 atom stereocenters. The Hall–Kier alpha value is -6.44. The lowest BCUT2D eigenvalue weighted by Gasteiger charge is -2.22. The standard InChI is InChI=1S/C41H36N6O7/c48-33(52-21-25-11-3-1-4-12-25)20-19-32-34(45-41(51)53-22-31-29-17-9-7-15-27(29)28-16-8-10-18-30(28)31)36(49)40(54-32)47-24-44-35-37(42-23-43-38(35)47)46-39(50)26-13-5-2-6-14-26/h1-18,23-24,31-32,34,36,40,49H,19-22H2,(H,45,51)(H,42,43,46,50)/t32-,34-,36-,40-/m1/s1. The van der Waals surface area contributed by atoms with Crippen LogP contribution in [0, 0.1) is 0 Å². The smallest absolute Gasteiger partial charge is 0.407 e. The van der Waals surface area contributed by atoms with Gasteiger partial charge in [0.1, 0.15) is 25.6 Å². The number of aliphatic hydroxyl groups is 1. The molecule has 1 aliphatic carbocycles. The van der Waals surface area contributed by atoms with Gasteiger partial charge < -0.3 is 30.0 Å². The van der Waals surface area contributed by atoms with Crippen LogP contribution in [-0.2, 0) is 25.6 Å². The van der Waals surface area contributed by atoms with Crippen molar-refractivity contribution in [3.8, 4) is 11.1 Å². The Bertz CT molecular complexity index is 2250. The summed E-state index contributed by atoms with van der Waals surface area (Å²) in [5.74, 6) is -0.829. The first-order valence-electron chi connectivity index (χ1n) is 17.6. The first-order valence-corrected chi connectivity index (χ1v) is 17.6. The van der Waals surface area contributed by atoms with Crippen molar-refractivity contribution in [2.24, 2.45) is 0 Å². The number of ether oxygens (including phenoxy) is 3. The zero-order valence-corrected chi connectivity index (χ0v) is 28.9. The second-order valence-electron chi connectivity index (χ2n) is 13.1. The molecule has 0 unspecified atom stereocenters. The van der Waals surface area contributed by atoms with Gasteiger partial charge in [0, 0.05) is 17.9 Å². The fraction of sp³-hybridized carbons (Fsp3) is 0.220. The number of benzene rings is 4. The van der Waals surface area contributed by atoms with E-state index in [0.717, 1.165) is 27.8 Å². The molecule has 1 saturated heterocycles. The van der Waals surface area contributed by atoms with Crippen molar-refractivity contribution < 1.29 is 33.7 Å². The van der Waals surface area contributed by atoms with Crippen molar-refractivity contribution in [3.05, 3.63) is 144 Å². The first-order chi connectivity index (χ1) is 26.4. The first kappa shape index (κ1) is 34.6. The molecule has 54 heavy (non-hydrogen) atoms. The lowest BCUT2D eigenvalue weighted by Crippen LogP contribution is -2.47. The molecule has 272 valence electrons. The topological polar surface area (TPSA) is 167 Å². The van der Waals surface area contributed by atoms with Gasteiger partial charge >= 0.3 is 12.1 Å². The van der Waals surface area contributed by atoms with Crippen molar-refractivity contribution in [2.75, 3.05) is 11.9 Å². The van der Waals surface area contributed by atoms with Crippen LogP contribution in [0.3, 0.4) is 0 Å². The number of aliphatic hydroxyl groups excluding tert-OH is 1. The normalized spacial score (nSPS) is 18.8. The van der Waals surface area contributed by atoms with Crippen molar-refractivity contribution in [1.29, 1.82) is 0 Å². The van der Waals surface area contributed by atoms with Crippen molar-refractivity contribution in [2.45, 2.75) is 49.8 Å². The summed E-state index contributed by atoms with van der Waals surface area (Å²) >= 11 is 0. The van der Waals surface area contributed by atoms with E-state index in [1.807, 2.05) is 72.8 Å². The van der Waals surface area contributed by atoms with Gasteiger partial charge in [-0.05, 0) is 46.4 Å². The van der Waals surface area contributed by atoms with E-state index in [2.05, 4.69) is 37.7 Å². The van der Waals surface area contributed by atoms with Crippen LogP contribution in [0.25, 0.3) is 22.3 Å². The highest BCUT2D eigenvalue weighted by Gasteiger charge is 2.46. The second-order valence-corrected chi connectivity index (χ2v) is 13.1. The molecule has 4 aromatic carbocycles. The van der Waals surface area contributed by atoms with E-state index in [4.69, 9.17) is 14.2 Å². The Morgan fingerprint density at radius 3 is 2.19 bits per heavy atom. The van der Waals surface area contributed by atoms with Crippen LogP contribution in [0.15, 0.2) is 122 Å². The van der Waals surface area contributed by atoms with E-state index in [1.54, 1.807) is 24.3 Å². The fourth-order valence-electron chi connectivity index (χ4n) is 7.14. The summed E-state index contributed by atoms with van der Waals surface area (Å²) in [4.78, 5) is 52.2. The summed E-state index contributed by atoms with van der Waals surface area (Å²) in [7, 11) is 0. The quantitative estimate of drug-likeness (QED) is 0.140. The number of fused-ring (bicyclic) bond motifs is 4. The number of carbonyl (C=O) groups excluding carboxylic acids is 3. The Kier molecular flexibility index (Phi) is 9.79. The molecule has 3 N–H and O–H groups in total. The number of hydrogen-bond acceptors (Lipinski definition) is 10. The molecular weight excluding hydrogens is 688 g/mol.